The summed E-state index contributed by atoms with van der Waals surface area (Å²) in [4.78, 5) is 40.6. The van der Waals surface area contributed by atoms with Gasteiger partial charge in [-0.2, -0.15) is 0 Å². The molecule has 2 aliphatic rings. The number of aromatic nitrogens is 3. The van der Waals surface area contributed by atoms with Crippen molar-refractivity contribution in [3.63, 3.8) is 0 Å². The fourth-order valence-corrected chi connectivity index (χ4v) is 9.63. The van der Waals surface area contributed by atoms with Gasteiger partial charge < -0.3 is 19.1 Å². The molecule has 0 amide bonds. The number of carbonyl (C=O) groups excluding carboxylic acids is 2. The summed E-state index contributed by atoms with van der Waals surface area (Å²) >= 11 is 1.50. The number of fused-ring (bicyclic) bond motifs is 1. The largest absolute Gasteiger partial charge is 0.467 e. The van der Waals surface area contributed by atoms with Crippen molar-refractivity contribution in [2.24, 2.45) is 0 Å². The first kappa shape index (κ1) is 40.8. The van der Waals surface area contributed by atoms with Crippen molar-refractivity contribution in [3.05, 3.63) is 47.8 Å². The number of nitrogens with zero attached hydrogens (tertiary/aromatic N) is 4. The number of esters is 2. The molecule has 2 aliphatic heterocycles. The molecule has 0 radical (unpaired) electrons. The SMILES string of the molecule is CCCc1cnc(N2CCC(Oc3nc4ccc(C5=CC(S(=O)(=O)CCC(C)(C)OC(=O)CCC(=O)OCC[Si](C)(C)C)NCC5)cc4s3)CC2)nc1. The number of anilines is 1. The Morgan fingerprint density at radius 2 is 1.79 bits per heavy atom. The zero-order valence-corrected chi connectivity index (χ0v) is 34.6. The first-order chi connectivity index (χ1) is 25.1. The minimum Gasteiger partial charge on any atom is -0.467 e. The molecule has 3 aromatic rings. The molecule has 53 heavy (non-hydrogen) atoms. The number of nitrogens with one attached hydrogen (secondary N) is 1. The second kappa shape index (κ2) is 17.8. The topological polar surface area (TPSA) is 150 Å². The average Bonchev–Trinajstić information content (AvgIpc) is 3.52. The minimum absolute atomic E-state index is 0.0607. The quantitative estimate of drug-likeness (QED) is 0.116. The van der Waals surface area contributed by atoms with Gasteiger partial charge in [-0.3, -0.25) is 14.9 Å². The predicted octanol–water partition coefficient (Wildman–Crippen LogP) is 6.58. The van der Waals surface area contributed by atoms with Crippen molar-refractivity contribution in [2.45, 2.75) is 115 Å². The van der Waals surface area contributed by atoms with E-state index in [1.807, 2.05) is 24.5 Å². The number of piperidine rings is 1. The molecular weight excluding hydrogens is 731 g/mol. The molecule has 15 heteroatoms. The van der Waals surface area contributed by atoms with E-state index < -0.39 is 40.8 Å². The Labute approximate surface area is 319 Å². The third-order valence-electron chi connectivity index (χ3n) is 9.47. The molecule has 0 spiro atoms. The summed E-state index contributed by atoms with van der Waals surface area (Å²) in [5.74, 6) is -0.382. The fourth-order valence-electron chi connectivity index (χ4n) is 6.22. The van der Waals surface area contributed by atoms with E-state index in [0.29, 0.717) is 24.8 Å². The zero-order valence-electron chi connectivity index (χ0n) is 32.0. The van der Waals surface area contributed by atoms with Crippen LogP contribution in [0.5, 0.6) is 5.19 Å². The lowest BCUT2D eigenvalue weighted by Crippen LogP contribution is -2.41. The number of hydrogen-bond donors (Lipinski definition) is 1. The maximum atomic E-state index is 13.5. The molecule has 1 fully saturated rings. The third kappa shape index (κ3) is 12.3. The zero-order chi connectivity index (χ0) is 38.2. The van der Waals surface area contributed by atoms with Gasteiger partial charge in [0.25, 0.3) is 5.19 Å². The van der Waals surface area contributed by atoms with Crippen LogP contribution in [0.15, 0.2) is 36.7 Å². The van der Waals surface area contributed by atoms with E-state index in [2.05, 4.69) is 52.8 Å². The van der Waals surface area contributed by atoms with Gasteiger partial charge in [-0.1, -0.05) is 50.4 Å². The van der Waals surface area contributed by atoms with Crippen LogP contribution in [0.3, 0.4) is 0 Å². The van der Waals surface area contributed by atoms with Crippen LogP contribution in [0.4, 0.5) is 5.95 Å². The molecule has 290 valence electrons. The summed E-state index contributed by atoms with van der Waals surface area (Å²) in [6, 6.07) is 6.88. The van der Waals surface area contributed by atoms with Crippen LogP contribution in [0.25, 0.3) is 15.8 Å². The molecular formula is C38H55N5O7S2Si. The maximum absolute atomic E-state index is 13.5. The lowest BCUT2D eigenvalue weighted by Gasteiger charge is -2.31. The highest BCUT2D eigenvalue weighted by molar-refractivity contribution is 7.92. The van der Waals surface area contributed by atoms with E-state index in [1.165, 1.54) is 11.3 Å². The molecule has 0 bridgehead atoms. The summed E-state index contributed by atoms with van der Waals surface area (Å²) < 4.78 is 45.1. The van der Waals surface area contributed by atoms with Crippen LogP contribution in [-0.2, 0) is 35.3 Å². The van der Waals surface area contributed by atoms with Gasteiger partial charge in [-0.25, -0.2) is 23.4 Å². The molecule has 0 aliphatic carbocycles. The molecule has 0 saturated carbocycles. The highest BCUT2D eigenvalue weighted by Crippen LogP contribution is 2.34. The smallest absolute Gasteiger partial charge is 0.306 e. The van der Waals surface area contributed by atoms with Crippen LogP contribution in [-0.4, -0.2) is 92.5 Å². The van der Waals surface area contributed by atoms with E-state index in [1.54, 1.807) is 19.9 Å². The third-order valence-corrected chi connectivity index (χ3v) is 13.9. The van der Waals surface area contributed by atoms with Gasteiger partial charge in [0.15, 0.2) is 9.84 Å². The summed E-state index contributed by atoms with van der Waals surface area (Å²) in [5.41, 5.74) is 2.90. The van der Waals surface area contributed by atoms with Crippen LogP contribution in [0.2, 0.25) is 25.7 Å². The Balaban J connectivity index is 1.11. The molecule has 4 heterocycles. The molecule has 1 saturated heterocycles. The number of aryl methyl sites for hydroxylation is 1. The number of hydrogen-bond acceptors (Lipinski definition) is 13. The number of rotatable bonds is 17. The molecule has 1 unspecified atom stereocenters. The fraction of sp³-hybridized carbons (Fsp3) is 0.605. The molecule has 1 atom stereocenters. The average molecular weight is 786 g/mol. The van der Waals surface area contributed by atoms with Crippen LogP contribution < -0.4 is 15.0 Å². The van der Waals surface area contributed by atoms with Crippen molar-refractivity contribution in [2.75, 3.05) is 36.9 Å². The Kier molecular flexibility index (Phi) is 13.7. The molecule has 2 aromatic heterocycles. The van der Waals surface area contributed by atoms with E-state index in [-0.39, 0.29) is 31.1 Å². The number of sulfone groups is 1. The van der Waals surface area contributed by atoms with Gasteiger partial charge in [-0.15, -0.1) is 0 Å². The summed E-state index contributed by atoms with van der Waals surface area (Å²) in [6.07, 6.45) is 10.1. The standard InChI is InChI=1S/C38H55N5O7S2Si/c1-7-8-27-25-40-36(41-26-27)43-18-14-30(15-19-43)49-37-42-31-10-9-28(23-32(31)51-37)29-13-17-39-33(24-29)52(46,47)21-16-38(2,3)50-35(45)12-11-34(44)48-20-22-53(4,5)6/h9-10,23-26,30,33,39H,7-8,11-22H2,1-6H3. The first-order valence-corrected chi connectivity index (χ1v) is 25.0. The second-order valence-corrected chi connectivity index (χ2v) is 24.7. The number of carbonyl (C=O) groups is 2. The summed E-state index contributed by atoms with van der Waals surface area (Å²) in [5, 5.41) is 2.92. The van der Waals surface area contributed by atoms with Crippen molar-refractivity contribution in [1.82, 2.24) is 20.3 Å². The number of benzene rings is 1. The van der Waals surface area contributed by atoms with Gasteiger partial charge in [0, 0.05) is 59.4 Å². The van der Waals surface area contributed by atoms with E-state index in [9.17, 15) is 18.0 Å². The highest BCUT2D eigenvalue weighted by Gasteiger charge is 2.32. The highest BCUT2D eigenvalue weighted by atomic mass is 32.2. The lowest BCUT2D eigenvalue weighted by molar-refractivity contribution is -0.159. The lowest BCUT2D eigenvalue weighted by atomic mass is 10.0. The van der Waals surface area contributed by atoms with Crippen LogP contribution >= 0.6 is 11.3 Å². The second-order valence-electron chi connectivity index (χ2n) is 15.8. The van der Waals surface area contributed by atoms with Crippen molar-refractivity contribution in [3.8, 4) is 5.19 Å². The Bertz CT molecular complexity index is 1850. The van der Waals surface area contributed by atoms with Crippen LogP contribution in [0, 0.1) is 0 Å². The normalized spacial score (nSPS) is 17.4. The predicted molar refractivity (Wildman–Crippen MR) is 213 cm³/mol. The van der Waals surface area contributed by atoms with Gasteiger partial charge in [0.1, 0.15) is 17.1 Å². The van der Waals surface area contributed by atoms with Gasteiger partial charge >= 0.3 is 11.9 Å². The van der Waals surface area contributed by atoms with E-state index in [0.717, 1.165) is 77.7 Å². The maximum Gasteiger partial charge on any atom is 0.306 e. The Morgan fingerprint density at radius 3 is 2.49 bits per heavy atom. The number of ether oxygens (including phenoxy) is 3. The van der Waals surface area contributed by atoms with Crippen molar-refractivity contribution >= 4 is 62.9 Å². The summed E-state index contributed by atoms with van der Waals surface area (Å²) in [7, 11) is -4.94. The first-order valence-electron chi connectivity index (χ1n) is 18.8. The van der Waals surface area contributed by atoms with Gasteiger partial charge in [0.05, 0.1) is 35.4 Å². The van der Waals surface area contributed by atoms with Gasteiger partial charge in [-0.05, 0) is 67.6 Å². The molecule has 5 rings (SSSR count). The van der Waals surface area contributed by atoms with Gasteiger partial charge in [0.2, 0.25) is 5.95 Å². The van der Waals surface area contributed by atoms with E-state index >= 15 is 0 Å². The monoisotopic (exact) mass is 785 g/mol. The summed E-state index contributed by atoms with van der Waals surface area (Å²) in [6.45, 7) is 14.6. The van der Waals surface area contributed by atoms with Crippen LogP contribution in [0.1, 0.15) is 76.8 Å². The molecule has 1 N–H and O–H groups in total. The van der Waals surface area contributed by atoms with Crippen molar-refractivity contribution in [1.29, 1.82) is 0 Å². The van der Waals surface area contributed by atoms with E-state index in [4.69, 9.17) is 19.2 Å². The Hall–Kier alpha value is -3.40. The number of thiazole rings is 1. The molecule has 1 aromatic carbocycles. The van der Waals surface area contributed by atoms with Crippen molar-refractivity contribution < 1.29 is 32.2 Å². The minimum atomic E-state index is -3.61. The Morgan fingerprint density at radius 1 is 1.08 bits per heavy atom. The molecule has 12 nitrogen and oxygen atoms in total.